The van der Waals surface area contributed by atoms with Crippen LogP contribution in [-0.2, 0) is 0 Å². The largest absolute Gasteiger partial charge is 0.0840 e. The van der Waals surface area contributed by atoms with Gasteiger partial charge in [-0.25, -0.2) is 0 Å². The molecule has 0 nitrogen and oxygen atoms in total. The van der Waals surface area contributed by atoms with Crippen molar-refractivity contribution in [2.75, 3.05) is 0 Å². The van der Waals surface area contributed by atoms with Crippen LogP contribution >= 0.6 is 8.58 Å². The van der Waals surface area contributed by atoms with Crippen LogP contribution in [-0.4, -0.2) is 0 Å². The number of rotatable bonds is 16. The van der Waals surface area contributed by atoms with Gasteiger partial charge in [-0.1, -0.05) is 110 Å². The van der Waals surface area contributed by atoms with Crippen LogP contribution in [0.4, 0.5) is 0 Å². The smallest absolute Gasteiger partial charge is 0.0347 e. The van der Waals surface area contributed by atoms with Gasteiger partial charge in [0, 0.05) is 0 Å². The minimum atomic E-state index is 0.896. The Morgan fingerprint density at radius 3 is 1.33 bits per heavy atom. The van der Waals surface area contributed by atoms with Gasteiger partial charge in [-0.05, 0) is 25.7 Å². The van der Waals surface area contributed by atoms with Crippen molar-refractivity contribution in [2.45, 2.75) is 104 Å². The molecule has 21 heavy (non-hydrogen) atoms. The van der Waals surface area contributed by atoms with Crippen molar-refractivity contribution in [1.82, 2.24) is 0 Å². The first-order valence-corrected chi connectivity index (χ1v) is 10.6. The molecule has 0 aliphatic heterocycles. The molecule has 0 saturated carbocycles. The molecule has 0 amide bonds. The van der Waals surface area contributed by atoms with Crippen LogP contribution in [0.5, 0.6) is 0 Å². The van der Waals surface area contributed by atoms with E-state index in [1.165, 1.54) is 89.9 Å². The maximum atomic E-state index is 2.38. The van der Waals surface area contributed by atoms with Crippen LogP contribution < -0.4 is 0 Å². The average Bonchev–Trinajstić information content (AvgIpc) is 2.50. The number of hydrogen-bond acceptors (Lipinski definition) is 0. The Labute approximate surface area is 136 Å². The lowest BCUT2D eigenvalue weighted by molar-refractivity contribution is 0.611. The second-order valence-corrected chi connectivity index (χ2v) is 7.08. The van der Waals surface area contributed by atoms with E-state index in [2.05, 4.69) is 37.6 Å². The Balaban J connectivity index is 3.14. The Hall–Kier alpha value is -0.0900. The van der Waals surface area contributed by atoms with Gasteiger partial charge in [0.2, 0.25) is 0 Å². The molecule has 0 atom stereocenters. The fourth-order valence-electron chi connectivity index (χ4n) is 2.44. The van der Waals surface area contributed by atoms with Crippen LogP contribution in [0.1, 0.15) is 104 Å². The van der Waals surface area contributed by atoms with E-state index in [0.717, 1.165) is 8.58 Å². The zero-order chi connectivity index (χ0) is 15.4. The highest BCUT2D eigenvalue weighted by molar-refractivity contribution is 7.45. The van der Waals surface area contributed by atoms with Gasteiger partial charge in [-0.15, -0.1) is 0 Å². The van der Waals surface area contributed by atoms with E-state index < -0.39 is 0 Å². The third-order valence-corrected chi connectivity index (χ3v) is 4.73. The Morgan fingerprint density at radius 2 is 0.905 bits per heavy atom. The second kappa shape index (κ2) is 19.9. The fraction of sp³-hybridized carbons (Fsp3) is 0.800. The van der Waals surface area contributed by atoms with Crippen molar-refractivity contribution >= 4 is 8.58 Å². The zero-order valence-corrected chi connectivity index (χ0v) is 15.7. The molecule has 0 aromatic carbocycles. The highest BCUT2D eigenvalue weighted by Gasteiger charge is 1.88. The summed E-state index contributed by atoms with van der Waals surface area (Å²) in [6.45, 7) is 4.56. The molecule has 0 saturated heterocycles. The van der Waals surface area contributed by atoms with Gasteiger partial charge in [-0.2, -0.15) is 0 Å². The molecule has 0 heterocycles. The Bertz CT molecular complexity index is 206. The normalized spacial score (nSPS) is 11.9. The SMILES string of the molecule is CCCCCCCC/C=C/P/C=C/CCCCCCCC. The molecule has 0 aromatic rings. The van der Waals surface area contributed by atoms with Gasteiger partial charge in [-0.3, -0.25) is 0 Å². The molecule has 0 spiro atoms. The third kappa shape index (κ3) is 19.9. The highest BCUT2D eigenvalue weighted by Crippen LogP contribution is 2.16. The van der Waals surface area contributed by atoms with Crippen LogP contribution in [0.25, 0.3) is 0 Å². The van der Waals surface area contributed by atoms with E-state index in [-0.39, 0.29) is 0 Å². The summed E-state index contributed by atoms with van der Waals surface area (Å²) in [5.41, 5.74) is 0. The van der Waals surface area contributed by atoms with E-state index in [1.807, 2.05) is 0 Å². The van der Waals surface area contributed by atoms with Gasteiger partial charge in [0.05, 0.1) is 0 Å². The molecule has 0 rings (SSSR count). The summed E-state index contributed by atoms with van der Waals surface area (Å²) in [4.78, 5) is 0. The third-order valence-electron chi connectivity index (χ3n) is 3.88. The lowest BCUT2D eigenvalue weighted by atomic mass is 10.1. The van der Waals surface area contributed by atoms with Gasteiger partial charge >= 0.3 is 0 Å². The molecule has 0 radical (unpaired) electrons. The lowest BCUT2D eigenvalue weighted by Crippen LogP contribution is -1.77. The lowest BCUT2D eigenvalue weighted by Gasteiger charge is -1.97. The van der Waals surface area contributed by atoms with Crippen LogP contribution in [0.3, 0.4) is 0 Å². The summed E-state index contributed by atoms with van der Waals surface area (Å²) in [5.74, 6) is 4.73. The van der Waals surface area contributed by atoms with Crippen molar-refractivity contribution in [1.29, 1.82) is 0 Å². The predicted octanol–water partition coefficient (Wildman–Crippen LogP) is 8.19. The zero-order valence-electron chi connectivity index (χ0n) is 14.7. The molecule has 124 valence electrons. The van der Waals surface area contributed by atoms with Crippen LogP contribution in [0.2, 0.25) is 0 Å². The van der Waals surface area contributed by atoms with Crippen molar-refractivity contribution in [3.63, 3.8) is 0 Å². The van der Waals surface area contributed by atoms with E-state index in [1.54, 1.807) is 0 Å². The minimum Gasteiger partial charge on any atom is -0.0840 e. The van der Waals surface area contributed by atoms with Crippen molar-refractivity contribution in [3.05, 3.63) is 23.8 Å². The molecule has 0 aliphatic rings. The summed E-state index contributed by atoms with van der Waals surface area (Å²) >= 11 is 0. The monoisotopic (exact) mass is 310 g/mol. The van der Waals surface area contributed by atoms with Crippen LogP contribution in [0.15, 0.2) is 23.8 Å². The Morgan fingerprint density at radius 1 is 0.524 bits per heavy atom. The highest BCUT2D eigenvalue weighted by atomic mass is 31.1. The van der Waals surface area contributed by atoms with Gasteiger partial charge in [0.25, 0.3) is 0 Å². The maximum Gasteiger partial charge on any atom is -0.0347 e. The van der Waals surface area contributed by atoms with Crippen LogP contribution in [0, 0.1) is 0 Å². The first-order valence-electron chi connectivity index (χ1n) is 9.47. The maximum absolute atomic E-state index is 2.38. The van der Waals surface area contributed by atoms with Crippen molar-refractivity contribution in [3.8, 4) is 0 Å². The summed E-state index contributed by atoms with van der Waals surface area (Å²) in [5, 5.41) is 0. The first kappa shape index (κ1) is 20.9. The topological polar surface area (TPSA) is 0 Å². The molecule has 0 fully saturated rings. The predicted molar refractivity (Wildman–Crippen MR) is 103 cm³/mol. The van der Waals surface area contributed by atoms with Crippen molar-refractivity contribution < 1.29 is 0 Å². The average molecular weight is 311 g/mol. The van der Waals surface area contributed by atoms with Gasteiger partial charge in [0.15, 0.2) is 0 Å². The molecular weight excluding hydrogens is 271 g/mol. The first-order chi connectivity index (χ1) is 10.4. The molecule has 0 aliphatic carbocycles. The van der Waals surface area contributed by atoms with E-state index >= 15 is 0 Å². The number of allylic oxidation sites excluding steroid dienone is 2. The van der Waals surface area contributed by atoms with E-state index in [9.17, 15) is 0 Å². The molecule has 0 N–H and O–H groups in total. The summed E-state index contributed by atoms with van der Waals surface area (Å²) in [6, 6.07) is 0. The molecule has 0 bridgehead atoms. The summed E-state index contributed by atoms with van der Waals surface area (Å²) in [7, 11) is 0.896. The Kier molecular flexibility index (Phi) is 19.8. The summed E-state index contributed by atoms with van der Waals surface area (Å²) in [6.07, 6.45) is 24.2. The second-order valence-electron chi connectivity index (χ2n) is 6.08. The van der Waals surface area contributed by atoms with E-state index in [4.69, 9.17) is 0 Å². The van der Waals surface area contributed by atoms with E-state index in [0.29, 0.717) is 0 Å². The summed E-state index contributed by atoms with van der Waals surface area (Å²) < 4.78 is 0. The molecular formula is C20H39P. The minimum absolute atomic E-state index is 0.896. The standard InChI is InChI=1S/C20H39P/c1-3-5-7-9-11-13-15-17-19-21-20-18-16-14-12-10-8-6-4-2/h17-21H,3-16H2,1-2H3/b19-17+,20-18+. The van der Waals surface area contributed by atoms with Gasteiger partial charge in [0.1, 0.15) is 0 Å². The number of hydrogen-bond donors (Lipinski definition) is 0. The fourth-order valence-corrected chi connectivity index (χ4v) is 3.16. The van der Waals surface area contributed by atoms with Gasteiger partial charge < -0.3 is 0 Å². The van der Waals surface area contributed by atoms with Crippen molar-refractivity contribution in [2.24, 2.45) is 0 Å². The molecule has 0 unspecified atom stereocenters. The molecule has 1 heteroatoms. The molecule has 0 aromatic heterocycles. The number of unbranched alkanes of at least 4 members (excludes halogenated alkanes) is 12. The quantitative estimate of drug-likeness (QED) is 0.199.